The van der Waals surface area contributed by atoms with E-state index in [0.29, 0.717) is 18.5 Å². The predicted molar refractivity (Wildman–Crippen MR) is 135 cm³/mol. The van der Waals surface area contributed by atoms with E-state index in [1.807, 2.05) is 43.5 Å². The van der Waals surface area contributed by atoms with Crippen LogP contribution in [0.2, 0.25) is 0 Å². The Kier molecular flexibility index (Phi) is 6.67. The van der Waals surface area contributed by atoms with E-state index in [9.17, 15) is 9.59 Å². The van der Waals surface area contributed by atoms with Gasteiger partial charge in [-0.1, -0.05) is 35.1 Å². The molecule has 0 atom stereocenters. The van der Waals surface area contributed by atoms with Crippen molar-refractivity contribution >= 4 is 55.4 Å². The van der Waals surface area contributed by atoms with Gasteiger partial charge in [0.05, 0.1) is 15.1 Å². The smallest absolute Gasteiger partial charge is 0.255 e. The summed E-state index contributed by atoms with van der Waals surface area (Å²) in [5.41, 5.74) is 5.61. The molecular weight excluding hydrogens is 438 g/mol. The van der Waals surface area contributed by atoms with Crippen molar-refractivity contribution in [2.45, 2.75) is 33.6 Å². The minimum absolute atomic E-state index is 0.128. The molecule has 164 valence electrons. The fourth-order valence-electron chi connectivity index (χ4n) is 3.71. The standard InChI is InChI=1S/C25H25N3O2S2/c1-15-12-16(2)23(17(3)13-15)28-24(30)18-8-9-19-22(14-18)32-25(27-19)26-10-4-6-20(29)21-7-5-11-31-21/h5,7-9,11-14H,4,6,10H2,1-3H3,(H,26,27)(H,28,30). The van der Waals surface area contributed by atoms with Crippen LogP contribution in [0.15, 0.2) is 47.8 Å². The van der Waals surface area contributed by atoms with Crippen LogP contribution in [0, 0.1) is 20.8 Å². The van der Waals surface area contributed by atoms with Gasteiger partial charge in [-0.25, -0.2) is 4.98 Å². The molecule has 32 heavy (non-hydrogen) atoms. The van der Waals surface area contributed by atoms with Crippen molar-refractivity contribution < 1.29 is 9.59 Å². The molecule has 2 aromatic heterocycles. The van der Waals surface area contributed by atoms with Gasteiger partial charge in [0.25, 0.3) is 5.91 Å². The zero-order chi connectivity index (χ0) is 22.7. The molecule has 7 heteroatoms. The number of nitrogens with zero attached hydrogens (tertiary/aromatic N) is 1. The number of ketones is 1. The highest BCUT2D eigenvalue weighted by Gasteiger charge is 2.13. The van der Waals surface area contributed by atoms with Gasteiger partial charge in [-0.15, -0.1) is 11.3 Å². The number of Topliss-reactive ketones (excluding diaryl/α,β-unsaturated/α-hetero) is 1. The van der Waals surface area contributed by atoms with E-state index in [4.69, 9.17) is 0 Å². The van der Waals surface area contributed by atoms with Gasteiger partial charge >= 0.3 is 0 Å². The summed E-state index contributed by atoms with van der Waals surface area (Å²) in [6.45, 7) is 6.74. The van der Waals surface area contributed by atoms with Crippen molar-refractivity contribution in [1.82, 2.24) is 4.98 Å². The number of anilines is 2. The third kappa shape index (κ3) is 5.06. The lowest BCUT2D eigenvalue weighted by Gasteiger charge is -2.12. The number of aromatic nitrogens is 1. The predicted octanol–water partition coefficient (Wildman–Crippen LogP) is 6.61. The summed E-state index contributed by atoms with van der Waals surface area (Å²) < 4.78 is 0.951. The molecule has 0 bridgehead atoms. The Balaban J connectivity index is 1.38. The third-order valence-corrected chi connectivity index (χ3v) is 7.11. The number of carbonyl (C=O) groups is 2. The Morgan fingerprint density at radius 1 is 1.03 bits per heavy atom. The van der Waals surface area contributed by atoms with Crippen LogP contribution in [-0.2, 0) is 0 Å². The highest BCUT2D eigenvalue weighted by atomic mass is 32.1. The summed E-state index contributed by atoms with van der Waals surface area (Å²) in [5, 5.41) is 9.08. The first kappa shape index (κ1) is 22.2. The number of thiazole rings is 1. The molecule has 0 aliphatic rings. The monoisotopic (exact) mass is 463 g/mol. The second-order valence-electron chi connectivity index (χ2n) is 7.86. The first-order valence-corrected chi connectivity index (χ1v) is 12.2. The van der Waals surface area contributed by atoms with Crippen LogP contribution in [0.3, 0.4) is 0 Å². The quantitative estimate of drug-likeness (QED) is 0.228. The molecule has 0 aliphatic carbocycles. The second-order valence-corrected chi connectivity index (χ2v) is 9.84. The van der Waals surface area contributed by atoms with Gasteiger partial charge in [-0.2, -0.15) is 0 Å². The van der Waals surface area contributed by atoms with Crippen LogP contribution < -0.4 is 10.6 Å². The van der Waals surface area contributed by atoms with Crippen molar-refractivity contribution in [2.75, 3.05) is 17.2 Å². The summed E-state index contributed by atoms with van der Waals surface area (Å²) in [4.78, 5) is 30.3. The lowest BCUT2D eigenvalue weighted by molar-refractivity contribution is 0.0983. The zero-order valence-corrected chi connectivity index (χ0v) is 20.0. The highest BCUT2D eigenvalue weighted by Crippen LogP contribution is 2.28. The van der Waals surface area contributed by atoms with Crippen LogP contribution >= 0.6 is 22.7 Å². The van der Waals surface area contributed by atoms with Crippen molar-refractivity contribution in [1.29, 1.82) is 0 Å². The molecule has 1 amide bonds. The summed E-state index contributed by atoms with van der Waals surface area (Å²) in [7, 11) is 0. The summed E-state index contributed by atoms with van der Waals surface area (Å²) in [6.07, 6.45) is 1.26. The van der Waals surface area contributed by atoms with Gasteiger partial charge in [0.2, 0.25) is 0 Å². The van der Waals surface area contributed by atoms with Crippen LogP contribution in [0.5, 0.6) is 0 Å². The number of hydrogen-bond acceptors (Lipinski definition) is 6. The number of thiophene rings is 1. The van der Waals surface area contributed by atoms with Gasteiger partial charge in [0.1, 0.15) is 0 Å². The Bertz CT molecular complexity index is 1250. The number of rotatable bonds is 8. The first-order chi connectivity index (χ1) is 15.4. The van der Waals surface area contributed by atoms with Gasteiger partial charge in [-0.3, -0.25) is 9.59 Å². The van der Waals surface area contributed by atoms with Gasteiger partial charge in [0.15, 0.2) is 10.9 Å². The maximum absolute atomic E-state index is 12.9. The number of nitrogens with one attached hydrogen (secondary N) is 2. The largest absolute Gasteiger partial charge is 0.361 e. The Labute approximate surface area is 195 Å². The minimum atomic E-state index is -0.128. The maximum atomic E-state index is 12.9. The molecule has 0 spiro atoms. The molecule has 4 rings (SSSR count). The normalized spacial score (nSPS) is 11.0. The van der Waals surface area contributed by atoms with E-state index in [1.165, 1.54) is 28.2 Å². The molecule has 2 heterocycles. The van der Waals surface area contributed by atoms with Crippen molar-refractivity contribution in [3.8, 4) is 0 Å². The van der Waals surface area contributed by atoms with Gasteiger partial charge in [-0.05, 0) is 68.0 Å². The maximum Gasteiger partial charge on any atom is 0.255 e. The van der Waals surface area contributed by atoms with E-state index in [-0.39, 0.29) is 11.7 Å². The van der Waals surface area contributed by atoms with Crippen LogP contribution in [0.4, 0.5) is 10.8 Å². The van der Waals surface area contributed by atoms with Gasteiger partial charge < -0.3 is 10.6 Å². The van der Waals surface area contributed by atoms with Crippen LogP contribution in [0.25, 0.3) is 10.2 Å². The zero-order valence-electron chi connectivity index (χ0n) is 18.3. The fourth-order valence-corrected chi connectivity index (χ4v) is 5.33. The molecule has 4 aromatic rings. The van der Waals surface area contributed by atoms with E-state index in [2.05, 4.69) is 34.7 Å². The molecule has 5 nitrogen and oxygen atoms in total. The number of hydrogen-bond donors (Lipinski definition) is 2. The van der Waals surface area contributed by atoms with E-state index < -0.39 is 0 Å². The van der Waals surface area contributed by atoms with E-state index >= 15 is 0 Å². The molecule has 0 radical (unpaired) electrons. The third-order valence-electron chi connectivity index (χ3n) is 5.22. The fraction of sp³-hybridized carbons (Fsp3) is 0.240. The molecule has 0 saturated heterocycles. The average Bonchev–Trinajstić information content (AvgIpc) is 3.42. The average molecular weight is 464 g/mol. The molecule has 0 saturated carbocycles. The van der Waals surface area contributed by atoms with E-state index in [0.717, 1.165) is 43.5 Å². The topological polar surface area (TPSA) is 71.1 Å². The molecule has 0 fully saturated rings. The molecular formula is C25H25N3O2S2. The van der Waals surface area contributed by atoms with Crippen LogP contribution in [-0.4, -0.2) is 23.2 Å². The Morgan fingerprint density at radius 2 is 1.81 bits per heavy atom. The molecule has 2 aromatic carbocycles. The van der Waals surface area contributed by atoms with Crippen molar-refractivity contribution in [3.63, 3.8) is 0 Å². The van der Waals surface area contributed by atoms with Crippen molar-refractivity contribution in [3.05, 3.63) is 75.0 Å². The first-order valence-electron chi connectivity index (χ1n) is 10.5. The molecule has 0 unspecified atom stereocenters. The number of fused-ring (bicyclic) bond motifs is 1. The lowest BCUT2D eigenvalue weighted by Crippen LogP contribution is -2.13. The highest BCUT2D eigenvalue weighted by molar-refractivity contribution is 7.22. The van der Waals surface area contributed by atoms with Crippen molar-refractivity contribution in [2.24, 2.45) is 0 Å². The minimum Gasteiger partial charge on any atom is -0.361 e. The number of amides is 1. The summed E-state index contributed by atoms with van der Waals surface area (Å²) in [5.74, 6) is 0.0535. The van der Waals surface area contributed by atoms with E-state index in [1.54, 1.807) is 6.07 Å². The number of carbonyl (C=O) groups excluding carboxylic acids is 2. The molecule has 2 N–H and O–H groups in total. The molecule has 0 aliphatic heterocycles. The van der Waals surface area contributed by atoms with Gasteiger partial charge in [0, 0.05) is 24.2 Å². The summed E-state index contributed by atoms with van der Waals surface area (Å²) in [6, 6.07) is 13.5. The Morgan fingerprint density at radius 3 is 2.53 bits per heavy atom. The van der Waals surface area contributed by atoms with Crippen LogP contribution in [0.1, 0.15) is 49.6 Å². The summed E-state index contributed by atoms with van der Waals surface area (Å²) >= 11 is 3.00. The number of aryl methyl sites for hydroxylation is 3. The Hall–Kier alpha value is -3.03. The second kappa shape index (κ2) is 9.63. The number of benzene rings is 2. The lowest BCUT2D eigenvalue weighted by atomic mass is 10.0. The SMILES string of the molecule is Cc1cc(C)c(NC(=O)c2ccc3nc(NCCCC(=O)c4cccs4)sc3c2)c(C)c1.